The van der Waals surface area contributed by atoms with E-state index in [0.717, 1.165) is 4.60 Å². The molecule has 4 nitrogen and oxygen atoms in total. The quantitative estimate of drug-likeness (QED) is 0.896. The summed E-state index contributed by atoms with van der Waals surface area (Å²) in [5.74, 6) is -0.833. The second kappa shape index (κ2) is 4.33. The van der Waals surface area contributed by atoms with Crippen LogP contribution in [0.3, 0.4) is 0 Å². The molecule has 0 atom stereocenters. The topological polar surface area (TPSA) is 62.2 Å². The molecule has 0 aliphatic heterocycles. The van der Waals surface area contributed by atoms with Gasteiger partial charge in [-0.2, -0.15) is 0 Å². The average molecular weight is 307 g/mol. The molecule has 0 fully saturated rings. The molecule has 0 saturated heterocycles. The van der Waals surface area contributed by atoms with Gasteiger partial charge < -0.3 is 10.4 Å². The summed E-state index contributed by atoms with van der Waals surface area (Å²) >= 11 is 4.70. The molecule has 90 valence electrons. The van der Waals surface area contributed by atoms with Crippen molar-refractivity contribution < 1.29 is 9.90 Å². The van der Waals surface area contributed by atoms with Crippen LogP contribution in [0.4, 0.5) is 5.13 Å². The molecule has 0 aromatic carbocycles. The Bertz CT molecular complexity index is 401. The van der Waals surface area contributed by atoms with Crippen LogP contribution in [0.5, 0.6) is 0 Å². The third-order valence-corrected chi connectivity index (χ3v) is 4.46. The van der Waals surface area contributed by atoms with Gasteiger partial charge in [-0.05, 0) is 43.6 Å². The van der Waals surface area contributed by atoms with Crippen LogP contribution in [-0.2, 0) is 4.79 Å². The van der Waals surface area contributed by atoms with Crippen LogP contribution in [-0.4, -0.2) is 21.6 Å². The summed E-state index contributed by atoms with van der Waals surface area (Å²) in [6.07, 6.45) is 0. The first kappa shape index (κ1) is 13.4. The van der Waals surface area contributed by atoms with Crippen LogP contribution in [0.2, 0.25) is 0 Å². The van der Waals surface area contributed by atoms with Gasteiger partial charge in [0.15, 0.2) is 5.13 Å². The van der Waals surface area contributed by atoms with Crippen molar-refractivity contribution in [1.82, 2.24) is 4.98 Å². The van der Waals surface area contributed by atoms with E-state index < -0.39 is 16.9 Å². The molecule has 0 aliphatic rings. The van der Waals surface area contributed by atoms with Crippen LogP contribution in [0.15, 0.2) is 9.98 Å². The number of nitrogens with one attached hydrogen (secondary N) is 1. The van der Waals surface area contributed by atoms with E-state index in [0.29, 0.717) is 5.13 Å². The molecule has 1 rings (SSSR count). The van der Waals surface area contributed by atoms with Gasteiger partial charge in [0.05, 0.1) is 5.41 Å². The molecule has 16 heavy (non-hydrogen) atoms. The highest BCUT2D eigenvalue weighted by atomic mass is 79.9. The van der Waals surface area contributed by atoms with Gasteiger partial charge in [-0.25, -0.2) is 4.98 Å². The number of hydrogen-bond donors (Lipinski definition) is 2. The van der Waals surface area contributed by atoms with Crippen LogP contribution >= 0.6 is 27.3 Å². The van der Waals surface area contributed by atoms with Crippen molar-refractivity contribution in [3.63, 3.8) is 0 Å². The molecule has 1 aromatic rings. The zero-order valence-corrected chi connectivity index (χ0v) is 12.1. The Morgan fingerprint density at radius 3 is 2.44 bits per heavy atom. The lowest BCUT2D eigenvalue weighted by Crippen LogP contribution is -2.50. The molecule has 0 bridgehead atoms. The first-order valence-electron chi connectivity index (χ1n) is 4.79. The van der Waals surface area contributed by atoms with Gasteiger partial charge in [-0.15, -0.1) is 11.3 Å². The minimum Gasteiger partial charge on any atom is -0.481 e. The first-order valence-corrected chi connectivity index (χ1v) is 6.47. The fourth-order valence-electron chi connectivity index (χ4n) is 1.00. The Balaban J connectivity index is 2.90. The summed E-state index contributed by atoms with van der Waals surface area (Å²) in [6.45, 7) is 7.11. The van der Waals surface area contributed by atoms with Crippen molar-refractivity contribution in [2.75, 3.05) is 5.32 Å². The molecular weight excluding hydrogens is 292 g/mol. The molecule has 6 heteroatoms. The number of aromatic nitrogens is 1. The second-order valence-electron chi connectivity index (χ2n) is 4.66. The Kier molecular flexibility index (Phi) is 3.64. The van der Waals surface area contributed by atoms with E-state index in [-0.39, 0.29) is 0 Å². The predicted octanol–water partition coefficient (Wildman–Crippen LogP) is 3.21. The van der Waals surface area contributed by atoms with Crippen LogP contribution in [0.1, 0.15) is 27.7 Å². The van der Waals surface area contributed by atoms with Gasteiger partial charge >= 0.3 is 5.97 Å². The zero-order chi connectivity index (χ0) is 12.6. The molecule has 1 heterocycles. The number of aliphatic carboxylic acids is 1. The number of carboxylic acid groups (broad SMARTS) is 1. The van der Waals surface area contributed by atoms with E-state index in [1.807, 2.05) is 19.2 Å². The summed E-state index contributed by atoms with van der Waals surface area (Å²) in [4.78, 5) is 15.4. The minimum absolute atomic E-state index is 0.587. The highest BCUT2D eigenvalue weighted by Crippen LogP contribution is 2.35. The Labute approximate surface area is 107 Å². The van der Waals surface area contributed by atoms with Gasteiger partial charge in [0.25, 0.3) is 0 Å². The fourth-order valence-corrected chi connectivity index (χ4v) is 2.30. The fraction of sp³-hybridized carbons (Fsp3) is 0.600. The largest absolute Gasteiger partial charge is 0.481 e. The van der Waals surface area contributed by atoms with Crippen molar-refractivity contribution >= 4 is 38.4 Å². The lowest BCUT2D eigenvalue weighted by molar-refractivity contribution is -0.149. The van der Waals surface area contributed by atoms with Gasteiger partial charge in [0, 0.05) is 10.9 Å². The maximum Gasteiger partial charge on any atom is 0.311 e. The predicted molar refractivity (Wildman–Crippen MR) is 68.9 cm³/mol. The Hall–Kier alpha value is -0.620. The smallest absolute Gasteiger partial charge is 0.311 e. The molecule has 0 radical (unpaired) electrons. The van der Waals surface area contributed by atoms with Crippen molar-refractivity contribution in [1.29, 1.82) is 0 Å². The summed E-state index contributed by atoms with van der Waals surface area (Å²) < 4.78 is 0.754. The summed E-state index contributed by atoms with van der Waals surface area (Å²) in [6, 6.07) is 0. The van der Waals surface area contributed by atoms with E-state index >= 15 is 0 Å². The standard InChI is InChI=1S/C10H15BrN2O2S/c1-9(2,7(14)15)10(3,4)13-8-12-6(11)5-16-8/h5H,1-4H3,(H,12,13)(H,14,15). The van der Waals surface area contributed by atoms with E-state index in [4.69, 9.17) is 0 Å². The monoisotopic (exact) mass is 306 g/mol. The second-order valence-corrected chi connectivity index (χ2v) is 6.33. The number of carboxylic acids is 1. The van der Waals surface area contributed by atoms with Gasteiger partial charge in [0.2, 0.25) is 0 Å². The maximum atomic E-state index is 11.2. The number of carbonyl (C=O) groups is 1. The third-order valence-electron chi connectivity index (χ3n) is 2.99. The lowest BCUT2D eigenvalue weighted by atomic mass is 9.74. The van der Waals surface area contributed by atoms with Crippen LogP contribution in [0, 0.1) is 5.41 Å². The number of rotatable bonds is 4. The van der Waals surface area contributed by atoms with Crippen molar-refractivity contribution in [3.05, 3.63) is 9.98 Å². The zero-order valence-electron chi connectivity index (χ0n) is 9.67. The normalized spacial score (nSPS) is 12.6. The van der Waals surface area contributed by atoms with E-state index in [1.165, 1.54) is 11.3 Å². The third kappa shape index (κ3) is 2.55. The summed E-state index contributed by atoms with van der Waals surface area (Å²) in [7, 11) is 0. The lowest BCUT2D eigenvalue weighted by Gasteiger charge is -2.38. The van der Waals surface area contributed by atoms with Crippen molar-refractivity contribution in [2.24, 2.45) is 5.41 Å². The molecule has 0 spiro atoms. The first-order chi connectivity index (χ1) is 7.17. The van der Waals surface area contributed by atoms with E-state index in [1.54, 1.807) is 13.8 Å². The highest BCUT2D eigenvalue weighted by Gasteiger charge is 2.43. The summed E-state index contributed by atoms with van der Waals surface area (Å²) in [5.41, 5.74) is -1.47. The van der Waals surface area contributed by atoms with Crippen LogP contribution in [0.25, 0.3) is 0 Å². The summed E-state index contributed by atoms with van der Waals surface area (Å²) in [5, 5.41) is 14.9. The molecule has 2 N–H and O–H groups in total. The number of anilines is 1. The molecule has 1 aromatic heterocycles. The molecular formula is C10H15BrN2O2S. The van der Waals surface area contributed by atoms with Gasteiger partial charge in [-0.3, -0.25) is 4.79 Å². The van der Waals surface area contributed by atoms with Gasteiger partial charge in [-0.1, -0.05) is 0 Å². The maximum absolute atomic E-state index is 11.2. The molecule has 0 aliphatic carbocycles. The molecule has 0 saturated carbocycles. The SMILES string of the molecule is CC(C)(Nc1nc(Br)cs1)C(C)(C)C(=O)O. The molecule has 0 amide bonds. The van der Waals surface area contributed by atoms with Crippen molar-refractivity contribution in [3.8, 4) is 0 Å². The van der Waals surface area contributed by atoms with Gasteiger partial charge in [0.1, 0.15) is 4.60 Å². The van der Waals surface area contributed by atoms with Crippen molar-refractivity contribution in [2.45, 2.75) is 33.2 Å². The Morgan fingerprint density at radius 1 is 1.50 bits per heavy atom. The minimum atomic E-state index is -0.884. The molecule has 0 unspecified atom stereocenters. The van der Waals surface area contributed by atoms with E-state index in [9.17, 15) is 9.90 Å². The number of hydrogen-bond acceptors (Lipinski definition) is 4. The van der Waals surface area contributed by atoms with Crippen LogP contribution < -0.4 is 5.32 Å². The number of nitrogens with zero attached hydrogens (tertiary/aromatic N) is 1. The highest BCUT2D eigenvalue weighted by molar-refractivity contribution is 9.10. The van der Waals surface area contributed by atoms with E-state index in [2.05, 4.69) is 26.2 Å². The number of halogens is 1. The number of thiazole rings is 1. The Morgan fingerprint density at radius 2 is 2.06 bits per heavy atom. The average Bonchev–Trinajstić information content (AvgIpc) is 2.49.